The minimum Gasteiger partial charge on any atom is -0.469 e. The van der Waals surface area contributed by atoms with Gasteiger partial charge < -0.3 is 14.3 Å². The van der Waals surface area contributed by atoms with Crippen molar-refractivity contribution < 1.29 is 19.1 Å². The van der Waals surface area contributed by atoms with Gasteiger partial charge in [0, 0.05) is 18.6 Å². The molecule has 0 spiro atoms. The summed E-state index contributed by atoms with van der Waals surface area (Å²) in [5.74, 6) is -0.178. The number of ether oxygens (including phenoxy) is 2. The summed E-state index contributed by atoms with van der Waals surface area (Å²) in [5.41, 5.74) is -1.31. The van der Waals surface area contributed by atoms with Crippen molar-refractivity contribution in [2.75, 3.05) is 20.3 Å². The fourth-order valence-corrected chi connectivity index (χ4v) is 3.42. The predicted octanol–water partition coefficient (Wildman–Crippen LogP) is 2.60. The van der Waals surface area contributed by atoms with Gasteiger partial charge in [-0.05, 0) is 24.7 Å². The van der Waals surface area contributed by atoms with Gasteiger partial charge in [0.2, 0.25) is 0 Å². The third-order valence-corrected chi connectivity index (χ3v) is 4.43. The number of rotatable bonds is 5. The Morgan fingerprint density at radius 2 is 1.79 bits per heavy atom. The molecule has 1 fully saturated rings. The largest absolute Gasteiger partial charge is 0.469 e. The molecule has 110 valence electrons. The molecule has 0 N–H and O–H groups in total. The van der Waals surface area contributed by atoms with Gasteiger partial charge in [-0.3, -0.25) is 4.79 Å². The Hall–Kier alpha value is -0.900. The summed E-state index contributed by atoms with van der Waals surface area (Å²) < 4.78 is 10.4. The lowest BCUT2D eigenvalue weighted by atomic mass is 9.56. The van der Waals surface area contributed by atoms with E-state index in [1.165, 1.54) is 7.11 Å². The number of esters is 1. The number of carbonyl (C=O) groups is 2. The molecule has 4 heteroatoms. The maximum Gasteiger partial charge on any atom is 0.312 e. The molecule has 0 aliphatic carbocycles. The molecule has 0 aromatic heterocycles. The molecule has 1 saturated heterocycles. The van der Waals surface area contributed by atoms with Gasteiger partial charge in [0.1, 0.15) is 6.29 Å². The molecule has 0 unspecified atom stereocenters. The average molecular weight is 270 g/mol. The van der Waals surface area contributed by atoms with Gasteiger partial charge in [0.05, 0.1) is 12.5 Å². The maximum atomic E-state index is 12.3. The SMILES string of the molecule is COC(=O)C1(C(C)(C)CC(C)(C)C=O)CCOCC1. The van der Waals surface area contributed by atoms with Crippen LogP contribution in [0.3, 0.4) is 0 Å². The Morgan fingerprint density at radius 3 is 2.21 bits per heavy atom. The van der Waals surface area contributed by atoms with E-state index in [0.29, 0.717) is 32.5 Å². The molecule has 0 amide bonds. The first-order valence-electron chi connectivity index (χ1n) is 6.83. The van der Waals surface area contributed by atoms with E-state index < -0.39 is 10.8 Å². The van der Waals surface area contributed by atoms with Crippen LogP contribution >= 0.6 is 0 Å². The third-order valence-electron chi connectivity index (χ3n) is 4.43. The molecule has 0 atom stereocenters. The molecule has 1 heterocycles. The van der Waals surface area contributed by atoms with E-state index in [0.717, 1.165) is 6.29 Å². The van der Waals surface area contributed by atoms with Gasteiger partial charge in [-0.15, -0.1) is 0 Å². The van der Waals surface area contributed by atoms with Crippen molar-refractivity contribution in [1.29, 1.82) is 0 Å². The lowest BCUT2D eigenvalue weighted by Gasteiger charge is -2.48. The molecule has 0 bridgehead atoms. The Morgan fingerprint density at radius 1 is 1.26 bits per heavy atom. The highest BCUT2D eigenvalue weighted by Gasteiger charge is 2.53. The van der Waals surface area contributed by atoms with Crippen LogP contribution in [0.25, 0.3) is 0 Å². The van der Waals surface area contributed by atoms with Crippen molar-refractivity contribution in [3.63, 3.8) is 0 Å². The highest BCUT2D eigenvalue weighted by Crippen LogP contribution is 2.52. The molecule has 0 radical (unpaired) electrons. The van der Waals surface area contributed by atoms with E-state index in [9.17, 15) is 9.59 Å². The van der Waals surface area contributed by atoms with Crippen LogP contribution in [0.4, 0.5) is 0 Å². The van der Waals surface area contributed by atoms with Crippen LogP contribution in [-0.2, 0) is 19.1 Å². The Bertz CT molecular complexity index is 338. The second-order valence-electron chi connectivity index (χ2n) is 6.85. The van der Waals surface area contributed by atoms with Crippen LogP contribution in [0.5, 0.6) is 0 Å². The minimum atomic E-state index is -0.555. The lowest BCUT2D eigenvalue weighted by Crippen LogP contribution is -2.50. The van der Waals surface area contributed by atoms with Gasteiger partial charge in [-0.25, -0.2) is 0 Å². The van der Waals surface area contributed by atoms with E-state index >= 15 is 0 Å². The normalized spacial score (nSPS) is 19.8. The highest BCUT2D eigenvalue weighted by atomic mass is 16.5. The summed E-state index contributed by atoms with van der Waals surface area (Å²) in [6.07, 6.45) is 2.93. The Balaban J connectivity index is 3.08. The van der Waals surface area contributed by atoms with E-state index in [4.69, 9.17) is 9.47 Å². The van der Waals surface area contributed by atoms with Crippen LogP contribution in [0, 0.1) is 16.2 Å². The molecule has 1 aliphatic rings. The standard InChI is InChI=1S/C15H26O4/c1-13(2,11-16)10-14(3,4)15(12(17)18-5)6-8-19-9-7-15/h11H,6-10H2,1-5H3. The third kappa shape index (κ3) is 3.16. The number of methoxy groups -OCH3 is 1. The van der Waals surface area contributed by atoms with E-state index in [-0.39, 0.29) is 11.4 Å². The first-order valence-corrected chi connectivity index (χ1v) is 6.83. The van der Waals surface area contributed by atoms with Gasteiger partial charge in [0.15, 0.2) is 0 Å². The number of aldehydes is 1. The summed E-state index contributed by atoms with van der Waals surface area (Å²) in [7, 11) is 1.43. The summed E-state index contributed by atoms with van der Waals surface area (Å²) in [5, 5.41) is 0. The van der Waals surface area contributed by atoms with Crippen molar-refractivity contribution in [3.8, 4) is 0 Å². The summed E-state index contributed by atoms with van der Waals surface area (Å²) in [6, 6.07) is 0. The monoisotopic (exact) mass is 270 g/mol. The highest BCUT2D eigenvalue weighted by molar-refractivity contribution is 5.78. The lowest BCUT2D eigenvalue weighted by molar-refractivity contribution is -0.173. The second-order valence-corrected chi connectivity index (χ2v) is 6.85. The first-order chi connectivity index (χ1) is 8.71. The van der Waals surface area contributed by atoms with Crippen molar-refractivity contribution in [1.82, 2.24) is 0 Å². The van der Waals surface area contributed by atoms with Gasteiger partial charge in [0.25, 0.3) is 0 Å². The fourth-order valence-electron chi connectivity index (χ4n) is 3.42. The summed E-state index contributed by atoms with van der Waals surface area (Å²) >= 11 is 0. The van der Waals surface area contributed by atoms with Crippen LogP contribution in [-0.4, -0.2) is 32.6 Å². The van der Waals surface area contributed by atoms with Crippen LogP contribution in [0.2, 0.25) is 0 Å². The number of hydrogen-bond acceptors (Lipinski definition) is 4. The quantitative estimate of drug-likeness (QED) is 0.569. The average Bonchev–Trinajstić information content (AvgIpc) is 2.37. The molecule has 4 nitrogen and oxygen atoms in total. The molecule has 1 aliphatic heterocycles. The second kappa shape index (κ2) is 5.61. The van der Waals surface area contributed by atoms with Crippen LogP contribution in [0.15, 0.2) is 0 Å². The molecule has 0 aromatic rings. The van der Waals surface area contributed by atoms with Crippen molar-refractivity contribution >= 4 is 12.3 Å². The first kappa shape index (κ1) is 16.2. The van der Waals surface area contributed by atoms with E-state index in [1.807, 2.05) is 13.8 Å². The van der Waals surface area contributed by atoms with Crippen molar-refractivity contribution in [3.05, 3.63) is 0 Å². The Labute approximate surface area is 115 Å². The number of carbonyl (C=O) groups excluding carboxylic acids is 2. The molecular formula is C15H26O4. The topological polar surface area (TPSA) is 52.6 Å². The summed E-state index contributed by atoms with van der Waals surface area (Å²) in [6.45, 7) is 9.07. The zero-order chi connectivity index (χ0) is 14.7. The van der Waals surface area contributed by atoms with Crippen molar-refractivity contribution in [2.24, 2.45) is 16.2 Å². The molecular weight excluding hydrogens is 244 g/mol. The molecule has 0 saturated carbocycles. The van der Waals surface area contributed by atoms with Crippen LogP contribution < -0.4 is 0 Å². The number of hydrogen-bond donors (Lipinski definition) is 0. The molecule has 19 heavy (non-hydrogen) atoms. The van der Waals surface area contributed by atoms with Crippen molar-refractivity contribution in [2.45, 2.75) is 47.0 Å². The Kier molecular flexibility index (Phi) is 4.77. The molecule has 1 rings (SSSR count). The summed E-state index contributed by atoms with van der Waals surface area (Å²) in [4.78, 5) is 23.5. The maximum absolute atomic E-state index is 12.3. The van der Waals surface area contributed by atoms with Gasteiger partial charge in [-0.2, -0.15) is 0 Å². The smallest absolute Gasteiger partial charge is 0.312 e. The van der Waals surface area contributed by atoms with Gasteiger partial charge >= 0.3 is 5.97 Å². The van der Waals surface area contributed by atoms with Gasteiger partial charge in [-0.1, -0.05) is 27.7 Å². The van der Waals surface area contributed by atoms with Crippen LogP contribution in [0.1, 0.15) is 47.0 Å². The zero-order valence-corrected chi connectivity index (χ0v) is 12.7. The van der Waals surface area contributed by atoms with E-state index in [2.05, 4.69) is 13.8 Å². The minimum absolute atomic E-state index is 0.178. The van der Waals surface area contributed by atoms with E-state index in [1.54, 1.807) is 0 Å². The fraction of sp³-hybridized carbons (Fsp3) is 0.867. The molecule has 0 aromatic carbocycles. The predicted molar refractivity (Wildman–Crippen MR) is 72.7 cm³/mol. The zero-order valence-electron chi connectivity index (χ0n) is 12.7.